The van der Waals surface area contributed by atoms with Crippen LogP contribution in [0.5, 0.6) is 11.5 Å². The van der Waals surface area contributed by atoms with Crippen molar-refractivity contribution in [1.29, 1.82) is 0 Å². The smallest absolute Gasteiger partial charge is 0.251 e. The van der Waals surface area contributed by atoms with Crippen molar-refractivity contribution in [3.63, 3.8) is 0 Å². The third-order valence-corrected chi connectivity index (χ3v) is 4.80. The minimum absolute atomic E-state index is 0.127. The molecule has 1 N–H and O–H groups in total. The molecule has 1 atom stereocenters. The van der Waals surface area contributed by atoms with Gasteiger partial charge in [-0.15, -0.1) is 0 Å². The van der Waals surface area contributed by atoms with E-state index in [1.807, 2.05) is 62.4 Å². The molecule has 0 spiro atoms. The number of nitrogens with one attached hydrogen (secondary N) is 1. The minimum atomic E-state index is -0.150. The van der Waals surface area contributed by atoms with Crippen molar-refractivity contribution in [3.8, 4) is 11.5 Å². The first kappa shape index (κ1) is 20.7. The summed E-state index contributed by atoms with van der Waals surface area (Å²) >= 11 is 6.14. The van der Waals surface area contributed by atoms with E-state index in [1.54, 1.807) is 24.3 Å². The highest BCUT2D eigenvalue weighted by molar-refractivity contribution is 6.31. The van der Waals surface area contributed by atoms with Crippen LogP contribution in [0.15, 0.2) is 72.8 Å². The number of rotatable bonds is 8. The molecule has 0 aliphatic rings. The van der Waals surface area contributed by atoms with Gasteiger partial charge in [0.25, 0.3) is 5.91 Å². The van der Waals surface area contributed by atoms with Gasteiger partial charge in [0.2, 0.25) is 0 Å². The van der Waals surface area contributed by atoms with E-state index in [9.17, 15) is 4.79 Å². The second-order valence-corrected chi connectivity index (χ2v) is 7.26. The van der Waals surface area contributed by atoms with Crippen LogP contribution in [0.4, 0.5) is 0 Å². The Morgan fingerprint density at radius 1 is 0.966 bits per heavy atom. The zero-order valence-electron chi connectivity index (χ0n) is 16.5. The van der Waals surface area contributed by atoms with E-state index in [4.69, 9.17) is 21.1 Å². The lowest BCUT2D eigenvalue weighted by molar-refractivity contribution is 0.0926. The fourth-order valence-electron chi connectivity index (χ4n) is 2.76. The van der Waals surface area contributed by atoms with E-state index < -0.39 is 0 Å². The van der Waals surface area contributed by atoms with Crippen molar-refractivity contribution in [2.24, 2.45) is 0 Å². The van der Waals surface area contributed by atoms with Crippen molar-refractivity contribution in [3.05, 3.63) is 94.5 Å². The lowest BCUT2D eigenvalue weighted by atomic mass is 10.2. The lowest BCUT2D eigenvalue weighted by Gasteiger charge is -2.16. The molecule has 4 nitrogen and oxygen atoms in total. The molecule has 0 saturated heterocycles. The first-order valence-corrected chi connectivity index (χ1v) is 9.86. The molecular formula is C24H24ClNO3. The summed E-state index contributed by atoms with van der Waals surface area (Å²) < 4.78 is 11.5. The molecule has 0 fully saturated rings. The van der Waals surface area contributed by atoms with E-state index in [-0.39, 0.29) is 11.9 Å². The topological polar surface area (TPSA) is 47.6 Å². The van der Waals surface area contributed by atoms with Crippen LogP contribution < -0.4 is 14.8 Å². The van der Waals surface area contributed by atoms with Crippen LogP contribution in [-0.4, -0.2) is 18.6 Å². The molecule has 0 aliphatic heterocycles. The summed E-state index contributed by atoms with van der Waals surface area (Å²) in [5.41, 5.74) is 2.55. The van der Waals surface area contributed by atoms with Crippen molar-refractivity contribution >= 4 is 17.5 Å². The van der Waals surface area contributed by atoms with Crippen molar-refractivity contribution < 1.29 is 14.3 Å². The largest absolute Gasteiger partial charge is 0.491 e. The Bertz CT molecular complexity index is 956. The van der Waals surface area contributed by atoms with Gasteiger partial charge in [-0.05, 0) is 55.8 Å². The molecule has 0 aliphatic carbocycles. The van der Waals surface area contributed by atoms with Crippen molar-refractivity contribution in [2.75, 3.05) is 6.61 Å². The van der Waals surface area contributed by atoms with E-state index in [0.29, 0.717) is 29.5 Å². The summed E-state index contributed by atoms with van der Waals surface area (Å²) in [5, 5.41) is 3.62. The predicted octanol–water partition coefficient (Wildman–Crippen LogP) is 5.42. The number of carbonyl (C=O) groups excluding carboxylic acids is 1. The fraction of sp³-hybridized carbons (Fsp3) is 0.208. The Morgan fingerprint density at radius 2 is 1.66 bits per heavy atom. The van der Waals surface area contributed by atoms with Crippen LogP contribution in [0, 0.1) is 6.92 Å². The molecule has 0 bridgehead atoms. The molecule has 0 radical (unpaired) electrons. The van der Waals surface area contributed by atoms with Gasteiger partial charge in [0.05, 0.1) is 6.04 Å². The summed E-state index contributed by atoms with van der Waals surface area (Å²) in [4.78, 5) is 12.4. The first-order chi connectivity index (χ1) is 14.0. The van der Waals surface area contributed by atoms with Gasteiger partial charge in [-0.2, -0.15) is 0 Å². The number of amides is 1. The molecule has 150 valence electrons. The monoisotopic (exact) mass is 409 g/mol. The average molecular weight is 410 g/mol. The highest BCUT2D eigenvalue weighted by Crippen LogP contribution is 2.19. The molecular weight excluding hydrogens is 386 g/mol. The number of benzene rings is 3. The molecule has 3 rings (SSSR count). The molecule has 5 heteroatoms. The van der Waals surface area contributed by atoms with Crippen LogP contribution in [0.2, 0.25) is 5.02 Å². The number of para-hydroxylation sites is 1. The highest BCUT2D eigenvalue weighted by atomic mass is 35.5. The maximum Gasteiger partial charge on any atom is 0.251 e. The molecule has 3 aromatic rings. The zero-order chi connectivity index (χ0) is 20.6. The van der Waals surface area contributed by atoms with Gasteiger partial charge in [-0.25, -0.2) is 0 Å². The maximum atomic E-state index is 12.4. The van der Waals surface area contributed by atoms with Gasteiger partial charge < -0.3 is 14.8 Å². The van der Waals surface area contributed by atoms with Gasteiger partial charge in [0.1, 0.15) is 24.7 Å². The maximum absolute atomic E-state index is 12.4. The molecule has 0 aromatic heterocycles. The SMILES string of the molecule is Cc1ccccc1OC[C@@H](C)NC(=O)c1ccc(OCc2ccccc2Cl)cc1. The summed E-state index contributed by atoms with van der Waals surface area (Å²) in [7, 11) is 0. The zero-order valence-corrected chi connectivity index (χ0v) is 17.3. The van der Waals surface area contributed by atoms with Crippen LogP contribution >= 0.6 is 11.6 Å². The van der Waals surface area contributed by atoms with Crippen molar-refractivity contribution in [2.45, 2.75) is 26.5 Å². The molecule has 0 unspecified atom stereocenters. The van der Waals surface area contributed by atoms with E-state index in [2.05, 4.69) is 5.32 Å². The number of halogens is 1. The third kappa shape index (κ3) is 6.00. The Morgan fingerprint density at radius 3 is 2.38 bits per heavy atom. The van der Waals surface area contributed by atoms with E-state index in [1.165, 1.54) is 0 Å². The number of hydrogen-bond donors (Lipinski definition) is 1. The Labute approximate surface area is 176 Å². The van der Waals surface area contributed by atoms with Crippen LogP contribution in [-0.2, 0) is 6.61 Å². The summed E-state index contributed by atoms with van der Waals surface area (Å²) in [5.74, 6) is 1.36. The standard InChI is InChI=1S/C24H24ClNO3/c1-17-7-3-6-10-23(17)29-15-18(2)26-24(27)19-11-13-21(14-12-19)28-16-20-8-4-5-9-22(20)25/h3-14,18H,15-16H2,1-2H3,(H,26,27)/t18-/m1/s1. The number of ether oxygens (including phenoxy) is 2. The summed E-state index contributed by atoms with van der Waals surface area (Å²) in [6.45, 7) is 4.68. The number of carbonyl (C=O) groups is 1. The summed E-state index contributed by atoms with van der Waals surface area (Å²) in [6, 6.07) is 22.3. The lowest BCUT2D eigenvalue weighted by Crippen LogP contribution is -2.36. The van der Waals surface area contributed by atoms with Gasteiger partial charge in [0.15, 0.2) is 0 Å². The Balaban J connectivity index is 1.49. The number of hydrogen-bond acceptors (Lipinski definition) is 3. The molecule has 0 heterocycles. The highest BCUT2D eigenvalue weighted by Gasteiger charge is 2.11. The first-order valence-electron chi connectivity index (χ1n) is 9.48. The van der Waals surface area contributed by atoms with Gasteiger partial charge >= 0.3 is 0 Å². The van der Waals surface area contributed by atoms with Gasteiger partial charge in [-0.1, -0.05) is 48.0 Å². The van der Waals surface area contributed by atoms with E-state index in [0.717, 1.165) is 16.9 Å². The second-order valence-electron chi connectivity index (χ2n) is 6.86. The van der Waals surface area contributed by atoms with Gasteiger partial charge in [-0.3, -0.25) is 4.79 Å². The van der Waals surface area contributed by atoms with E-state index >= 15 is 0 Å². The van der Waals surface area contributed by atoms with Crippen LogP contribution in [0.3, 0.4) is 0 Å². The predicted molar refractivity (Wildman–Crippen MR) is 116 cm³/mol. The second kappa shape index (κ2) is 9.99. The fourth-order valence-corrected chi connectivity index (χ4v) is 2.95. The molecule has 1 amide bonds. The molecule has 29 heavy (non-hydrogen) atoms. The third-order valence-electron chi connectivity index (χ3n) is 4.43. The van der Waals surface area contributed by atoms with Crippen LogP contribution in [0.1, 0.15) is 28.4 Å². The normalized spacial score (nSPS) is 11.6. The molecule has 3 aromatic carbocycles. The quantitative estimate of drug-likeness (QED) is 0.540. The van der Waals surface area contributed by atoms with Crippen molar-refractivity contribution in [1.82, 2.24) is 5.32 Å². The molecule has 0 saturated carbocycles. The average Bonchev–Trinajstić information content (AvgIpc) is 2.73. The van der Waals surface area contributed by atoms with Gasteiger partial charge in [0, 0.05) is 16.1 Å². The number of aryl methyl sites for hydroxylation is 1. The van der Waals surface area contributed by atoms with Crippen LogP contribution in [0.25, 0.3) is 0 Å². The summed E-state index contributed by atoms with van der Waals surface area (Å²) in [6.07, 6.45) is 0. The minimum Gasteiger partial charge on any atom is -0.491 e. The Hall–Kier alpha value is -2.98. The Kier molecular flexibility index (Phi) is 7.14.